The molecule has 2 N–H and O–H groups in total. The van der Waals surface area contributed by atoms with E-state index in [0.29, 0.717) is 0 Å². The molecule has 0 radical (unpaired) electrons. The molecule has 0 aromatic rings. The number of nitrogens with zero attached hydrogens (tertiary/aromatic N) is 1. The van der Waals surface area contributed by atoms with Gasteiger partial charge in [-0.1, -0.05) is 6.08 Å². The topological polar surface area (TPSA) is 43.7 Å². The molecule has 0 rings (SSSR count). The standard InChI is InChI=1S/C5H11NO2/c1-3-4-6(8)5(2)7/h3,5,7-8H,1,4H2,2H3. The Morgan fingerprint density at radius 1 is 1.88 bits per heavy atom. The van der Waals surface area contributed by atoms with Crippen molar-refractivity contribution < 1.29 is 10.3 Å². The second-order valence-corrected chi connectivity index (χ2v) is 1.54. The van der Waals surface area contributed by atoms with E-state index in [0.717, 1.165) is 5.06 Å². The maximum Gasteiger partial charge on any atom is 0.127 e. The van der Waals surface area contributed by atoms with Gasteiger partial charge in [-0.3, -0.25) is 0 Å². The molecular formula is C5H11NO2. The van der Waals surface area contributed by atoms with Crippen molar-refractivity contribution in [3.8, 4) is 0 Å². The lowest BCUT2D eigenvalue weighted by Gasteiger charge is -2.14. The van der Waals surface area contributed by atoms with Crippen LogP contribution in [0.5, 0.6) is 0 Å². The maximum absolute atomic E-state index is 8.64. The highest BCUT2D eigenvalue weighted by Crippen LogP contribution is 1.87. The molecule has 0 aliphatic carbocycles. The quantitative estimate of drug-likeness (QED) is 0.315. The maximum atomic E-state index is 8.64. The minimum absolute atomic E-state index is 0.289. The number of rotatable bonds is 3. The Morgan fingerprint density at radius 3 is 2.50 bits per heavy atom. The van der Waals surface area contributed by atoms with Crippen molar-refractivity contribution in [1.29, 1.82) is 0 Å². The Kier molecular flexibility index (Phi) is 3.43. The van der Waals surface area contributed by atoms with Crippen LogP contribution in [0, 0.1) is 0 Å². The van der Waals surface area contributed by atoms with Crippen molar-refractivity contribution in [1.82, 2.24) is 5.06 Å². The first-order chi connectivity index (χ1) is 3.68. The lowest BCUT2D eigenvalue weighted by Crippen LogP contribution is -2.29. The van der Waals surface area contributed by atoms with Gasteiger partial charge in [0.15, 0.2) is 0 Å². The summed E-state index contributed by atoms with van der Waals surface area (Å²) in [5, 5.41) is 18.0. The lowest BCUT2D eigenvalue weighted by atomic mass is 10.5. The molecule has 0 bridgehead atoms. The smallest absolute Gasteiger partial charge is 0.127 e. The largest absolute Gasteiger partial charge is 0.377 e. The van der Waals surface area contributed by atoms with E-state index < -0.39 is 6.23 Å². The molecule has 0 saturated carbocycles. The molecule has 0 heterocycles. The molecular weight excluding hydrogens is 106 g/mol. The molecule has 8 heavy (non-hydrogen) atoms. The van der Waals surface area contributed by atoms with Gasteiger partial charge in [-0.2, -0.15) is 5.06 Å². The highest BCUT2D eigenvalue weighted by Gasteiger charge is 2.01. The van der Waals surface area contributed by atoms with Crippen LogP contribution in [0.15, 0.2) is 12.7 Å². The molecule has 48 valence electrons. The van der Waals surface area contributed by atoms with Crippen LogP contribution >= 0.6 is 0 Å². The zero-order chi connectivity index (χ0) is 6.57. The first-order valence-corrected chi connectivity index (χ1v) is 2.43. The Hall–Kier alpha value is -0.380. The van der Waals surface area contributed by atoms with Gasteiger partial charge in [-0.25, -0.2) is 0 Å². The van der Waals surface area contributed by atoms with Crippen molar-refractivity contribution in [2.45, 2.75) is 13.2 Å². The van der Waals surface area contributed by atoms with E-state index in [1.165, 1.54) is 13.0 Å². The Balaban J connectivity index is 3.30. The third kappa shape index (κ3) is 2.74. The normalized spacial score (nSPS) is 14.0. The summed E-state index contributed by atoms with van der Waals surface area (Å²) in [7, 11) is 0. The molecule has 0 aliphatic heterocycles. The fourth-order valence-corrected chi connectivity index (χ4v) is 0.285. The monoisotopic (exact) mass is 117 g/mol. The van der Waals surface area contributed by atoms with Gasteiger partial charge in [0.25, 0.3) is 0 Å². The highest BCUT2D eigenvalue weighted by atomic mass is 16.5. The number of aliphatic hydroxyl groups is 1. The SMILES string of the molecule is C=CCN(O)C(C)O. The van der Waals surface area contributed by atoms with E-state index in [1.54, 1.807) is 0 Å². The fourth-order valence-electron chi connectivity index (χ4n) is 0.285. The average Bonchev–Trinajstić information content (AvgIpc) is 1.67. The van der Waals surface area contributed by atoms with Crippen molar-refractivity contribution >= 4 is 0 Å². The molecule has 0 aromatic heterocycles. The van der Waals surface area contributed by atoms with Crippen LogP contribution in [0.25, 0.3) is 0 Å². The van der Waals surface area contributed by atoms with Crippen LogP contribution in [0.2, 0.25) is 0 Å². The predicted octanol–water partition coefficient (Wildman–Crippen LogP) is 0.202. The van der Waals surface area contributed by atoms with Gasteiger partial charge >= 0.3 is 0 Å². The Labute approximate surface area is 48.8 Å². The zero-order valence-corrected chi connectivity index (χ0v) is 4.91. The first kappa shape index (κ1) is 7.62. The molecule has 0 aromatic carbocycles. The minimum atomic E-state index is -0.812. The van der Waals surface area contributed by atoms with Gasteiger partial charge in [-0.05, 0) is 6.92 Å². The summed E-state index contributed by atoms with van der Waals surface area (Å²) >= 11 is 0. The molecule has 0 spiro atoms. The molecule has 0 amide bonds. The predicted molar refractivity (Wildman–Crippen MR) is 30.4 cm³/mol. The van der Waals surface area contributed by atoms with Gasteiger partial charge in [0.1, 0.15) is 6.23 Å². The van der Waals surface area contributed by atoms with Gasteiger partial charge in [0, 0.05) is 6.54 Å². The van der Waals surface area contributed by atoms with Crippen molar-refractivity contribution in [3.63, 3.8) is 0 Å². The van der Waals surface area contributed by atoms with Crippen LogP contribution in [0.4, 0.5) is 0 Å². The molecule has 0 saturated heterocycles. The van der Waals surface area contributed by atoms with Gasteiger partial charge in [0.2, 0.25) is 0 Å². The summed E-state index contributed by atoms with van der Waals surface area (Å²) < 4.78 is 0. The summed E-state index contributed by atoms with van der Waals surface area (Å²) in [6, 6.07) is 0. The van der Waals surface area contributed by atoms with E-state index in [2.05, 4.69) is 6.58 Å². The lowest BCUT2D eigenvalue weighted by molar-refractivity contribution is -0.180. The third-order valence-corrected chi connectivity index (χ3v) is 0.747. The molecule has 3 nitrogen and oxygen atoms in total. The van der Waals surface area contributed by atoms with E-state index in [1.807, 2.05) is 0 Å². The summed E-state index contributed by atoms with van der Waals surface area (Å²) in [6.07, 6.45) is 0.695. The van der Waals surface area contributed by atoms with Crippen molar-refractivity contribution in [3.05, 3.63) is 12.7 Å². The van der Waals surface area contributed by atoms with Crippen molar-refractivity contribution in [2.75, 3.05) is 6.54 Å². The van der Waals surface area contributed by atoms with E-state index >= 15 is 0 Å². The minimum Gasteiger partial charge on any atom is -0.377 e. The van der Waals surface area contributed by atoms with Crippen LogP contribution in [0.3, 0.4) is 0 Å². The van der Waals surface area contributed by atoms with Crippen molar-refractivity contribution in [2.24, 2.45) is 0 Å². The summed E-state index contributed by atoms with van der Waals surface area (Å²) in [6.45, 7) is 5.14. The summed E-state index contributed by atoms with van der Waals surface area (Å²) in [5.74, 6) is 0. The molecule has 1 atom stereocenters. The van der Waals surface area contributed by atoms with Gasteiger partial charge in [-0.15, -0.1) is 6.58 Å². The van der Waals surface area contributed by atoms with E-state index in [4.69, 9.17) is 10.3 Å². The number of hydrogen-bond donors (Lipinski definition) is 2. The molecule has 0 fully saturated rings. The summed E-state index contributed by atoms with van der Waals surface area (Å²) in [4.78, 5) is 0. The van der Waals surface area contributed by atoms with Crippen LogP contribution in [-0.4, -0.2) is 28.1 Å². The average molecular weight is 117 g/mol. The van der Waals surface area contributed by atoms with Gasteiger partial charge < -0.3 is 10.3 Å². The molecule has 0 aliphatic rings. The third-order valence-electron chi connectivity index (χ3n) is 0.747. The van der Waals surface area contributed by atoms with Gasteiger partial charge in [0.05, 0.1) is 0 Å². The zero-order valence-electron chi connectivity index (χ0n) is 4.91. The van der Waals surface area contributed by atoms with Crippen LogP contribution in [-0.2, 0) is 0 Å². The van der Waals surface area contributed by atoms with E-state index in [9.17, 15) is 0 Å². The van der Waals surface area contributed by atoms with E-state index in [-0.39, 0.29) is 6.54 Å². The Morgan fingerprint density at radius 2 is 2.38 bits per heavy atom. The second kappa shape index (κ2) is 3.60. The Bertz CT molecular complexity index is 72.8. The van der Waals surface area contributed by atoms with Crippen LogP contribution in [0.1, 0.15) is 6.92 Å². The molecule has 1 unspecified atom stereocenters. The molecule has 3 heteroatoms. The second-order valence-electron chi connectivity index (χ2n) is 1.54. The number of hydrogen-bond acceptors (Lipinski definition) is 3. The number of aliphatic hydroxyl groups excluding tert-OH is 1. The summed E-state index contributed by atoms with van der Waals surface area (Å²) in [5.41, 5.74) is 0. The first-order valence-electron chi connectivity index (χ1n) is 2.43. The van der Waals surface area contributed by atoms with Crippen LogP contribution < -0.4 is 0 Å². The highest BCUT2D eigenvalue weighted by molar-refractivity contribution is 4.68. The fraction of sp³-hybridized carbons (Fsp3) is 0.600. The number of hydroxylamine groups is 2.